The third-order valence-corrected chi connectivity index (χ3v) is 5.78. The van der Waals surface area contributed by atoms with E-state index in [0.717, 1.165) is 18.2 Å². The minimum atomic E-state index is -0.934. The van der Waals surface area contributed by atoms with Crippen LogP contribution in [0.1, 0.15) is 24.0 Å². The van der Waals surface area contributed by atoms with E-state index in [1.807, 2.05) is 0 Å². The lowest BCUT2D eigenvalue weighted by Crippen LogP contribution is -2.39. The molecule has 142 valence electrons. The quantitative estimate of drug-likeness (QED) is 0.731. The lowest BCUT2D eigenvalue weighted by atomic mass is 10.00. The van der Waals surface area contributed by atoms with Crippen LogP contribution >= 0.6 is 11.8 Å². The molecule has 0 saturated heterocycles. The molecule has 3 rings (SSSR count). The molecule has 0 radical (unpaired) electrons. The largest absolute Gasteiger partial charge is 0.330 e. The van der Waals surface area contributed by atoms with Crippen LogP contribution in [-0.4, -0.2) is 29.4 Å². The summed E-state index contributed by atoms with van der Waals surface area (Å²) < 4.78 is 41.8. The van der Waals surface area contributed by atoms with Gasteiger partial charge in [-0.15, -0.1) is 0 Å². The van der Waals surface area contributed by atoms with Crippen LogP contribution < -0.4 is 5.73 Å². The van der Waals surface area contributed by atoms with Crippen LogP contribution in [0.4, 0.5) is 13.2 Å². The zero-order valence-electron chi connectivity index (χ0n) is 14.4. The average molecular weight is 393 g/mol. The SMILES string of the molecule is NCCCC1(c2cccc(F)c2)SC(c2cc(F)ccc2F)=NN1CC=O. The smallest absolute Gasteiger partial charge is 0.141 e. The van der Waals surface area contributed by atoms with E-state index in [2.05, 4.69) is 5.10 Å². The zero-order valence-corrected chi connectivity index (χ0v) is 15.2. The van der Waals surface area contributed by atoms with Crippen molar-refractivity contribution in [2.24, 2.45) is 10.8 Å². The first-order valence-electron chi connectivity index (χ1n) is 8.40. The van der Waals surface area contributed by atoms with Crippen LogP contribution in [0.3, 0.4) is 0 Å². The number of benzene rings is 2. The summed E-state index contributed by atoms with van der Waals surface area (Å²) in [6.07, 6.45) is 1.70. The molecular formula is C19H18F3N3OS. The first kappa shape index (κ1) is 19.4. The molecular weight excluding hydrogens is 375 g/mol. The van der Waals surface area contributed by atoms with Crippen LogP contribution in [0, 0.1) is 17.5 Å². The van der Waals surface area contributed by atoms with E-state index in [0.29, 0.717) is 31.2 Å². The number of carbonyl (C=O) groups excluding carboxylic acids is 1. The molecule has 1 heterocycles. The molecule has 0 saturated carbocycles. The van der Waals surface area contributed by atoms with Crippen molar-refractivity contribution in [2.45, 2.75) is 17.7 Å². The van der Waals surface area contributed by atoms with Crippen LogP contribution in [0.5, 0.6) is 0 Å². The van der Waals surface area contributed by atoms with Crippen molar-refractivity contribution in [3.05, 3.63) is 71.0 Å². The zero-order chi connectivity index (χ0) is 19.4. The Kier molecular flexibility index (Phi) is 5.86. The molecule has 1 unspecified atom stereocenters. The number of rotatable bonds is 7. The van der Waals surface area contributed by atoms with E-state index in [4.69, 9.17) is 5.73 Å². The molecule has 8 heteroatoms. The van der Waals surface area contributed by atoms with Gasteiger partial charge in [-0.3, -0.25) is 5.01 Å². The van der Waals surface area contributed by atoms with E-state index in [-0.39, 0.29) is 17.2 Å². The van der Waals surface area contributed by atoms with E-state index in [9.17, 15) is 18.0 Å². The fourth-order valence-corrected chi connectivity index (χ4v) is 4.50. The van der Waals surface area contributed by atoms with Gasteiger partial charge in [0.05, 0.1) is 6.54 Å². The summed E-state index contributed by atoms with van der Waals surface area (Å²) in [5.74, 6) is -1.65. The maximum absolute atomic E-state index is 14.3. The number of carbonyl (C=O) groups is 1. The molecule has 4 nitrogen and oxygen atoms in total. The Hall–Kier alpha value is -2.32. The number of hydrogen-bond donors (Lipinski definition) is 1. The molecule has 2 aromatic rings. The molecule has 0 bridgehead atoms. The molecule has 1 aliphatic rings. The molecule has 2 N–H and O–H groups in total. The molecule has 0 aliphatic carbocycles. The summed E-state index contributed by atoms with van der Waals surface area (Å²) in [7, 11) is 0. The minimum Gasteiger partial charge on any atom is -0.330 e. The molecule has 0 spiro atoms. The monoisotopic (exact) mass is 393 g/mol. The fourth-order valence-electron chi connectivity index (χ4n) is 3.06. The Morgan fingerprint density at radius 1 is 1.15 bits per heavy atom. The Balaban J connectivity index is 2.10. The lowest BCUT2D eigenvalue weighted by Gasteiger charge is -2.36. The van der Waals surface area contributed by atoms with Crippen LogP contribution in [-0.2, 0) is 9.67 Å². The average Bonchev–Trinajstić information content (AvgIpc) is 3.02. The highest BCUT2D eigenvalue weighted by atomic mass is 32.2. The second-order valence-electron chi connectivity index (χ2n) is 6.07. The number of thioether (sulfide) groups is 1. The third-order valence-electron chi connectivity index (χ3n) is 4.30. The van der Waals surface area contributed by atoms with E-state index < -0.39 is 22.3 Å². The molecule has 27 heavy (non-hydrogen) atoms. The topological polar surface area (TPSA) is 58.7 Å². The standard InChI is InChI=1S/C19H18F3N3OS/c20-14-4-1-3-13(11-14)19(7-2-8-23)25(9-10-26)24-18(27-19)16-12-15(21)5-6-17(16)22/h1,3-6,10-12H,2,7-9,23H2. The predicted molar refractivity (Wildman–Crippen MR) is 99.6 cm³/mol. The summed E-state index contributed by atoms with van der Waals surface area (Å²) in [6.45, 7) is 0.310. The van der Waals surface area contributed by atoms with Crippen LogP contribution in [0.25, 0.3) is 0 Å². The first-order valence-corrected chi connectivity index (χ1v) is 9.22. The van der Waals surface area contributed by atoms with Crippen molar-refractivity contribution in [3.8, 4) is 0 Å². The van der Waals surface area contributed by atoms with Gasteiger partial charge in [-0.25, -0.2) is 13.2 Å². The Morgan fingerprint density at radius 3 is 2.63 bits per heavy atom. The summed E-state index contributed by atoms with van der Waals surface area (Å²) >= 11 is 1.17. The Labute approximate surface area is 159 Å². The maximum atomic E-state index is 14.3. The fraction of sp³-hybridized carbons (Fsp3) is 0.263. The summed E-state index contributed by atoms with van der Waals surface area (Å²) in [5, 5.41) is 6.10. The third kappa shape index (κ3) is 3.86. The maximum Gasteiger partial charge on any atom is 0.141 e. The lowest BCUT2D eigenvalue weighted by molar-refractivity contribution is -0.109. The molecule has 0 aromatic heterocycles. The highest BCUT2D eigenvalue weighted by molar-refractivity contribution is 8.15. The van der Waals surface area contributed by atoms with Gasteiger partial charge in [-0.2, -0.15) is 5.10 Å². The van der Waals surface area contributed by atoms with Gasteiger partial charge in [-0.1, -0.05) is 23.9 Å². The van der Waals surface area contributed by atoms with E-state index in [1.54, 1.807) is 12.1 Å². The van der Waals surface area contributed by atoms with Gasteiger partial charge in [0.25, 0.3) is 0 Å². The van der Waals surface area contributed by atoms with E-state index >= 15 is 0 Å². The minimum absolute atomic E-state index is 0.00178. The number of nitrogens with zero attached hydrogens (tertiary/aromatic N) is 2. The van der Waals surface area contributed by atoms with Crippen molar-refractivity contribution < 1.29 is 18.0 Å². The molecule has 0 fully saturated rings. The predicted octanol–water partition coefficient (Wildman–Crippen LogP) is 3.61. The molecule has 2 aromatic carbocycles. The van der Waals surface area contributed by atoms with Crippen molar-refractivity contribution in [3.63, 3.8) is 0 Å². The van der Waals surface area contributed by atoms with Crippen LogP contribution in [0.15, 0.2) is 47.6 Å². The number of halogens is 3. The van der Waals surface area contributed by atoms with Gasteiger partial charge >= 0.3 is 0 Å². The Morgan fingerprint density at radius 2 is 1.93 bits per heavy atom. The highest BCUT2D eigenvalue weighted by Gasteiger charge is 2.45. The van der Waals surface area contributed by atoms with Crippen LogP contribution in [0.2, 0.25) is 0 Å². The second kappa shape index (κ2) is 8.14. The number of nitrogens with two attached hydrogens (primary N) is 1. The number of hydrogen-bond acceptors (Lipinski definition) is 5. The summed E-state index contributed by atoms with van der Waals surface area (Å²) in [6, 6.07) is 9.08. The number of aldehydes is 1. The summed E-state index contributed by atoms with van der Waals surface area (Å²) in [4.78, 5) is 10.3. The molecule has 1 aliphatic heterocycles. The summed E-state index contributed by atoms with van der Waals surface area (Å²) in [5.41, 5.74) is 6.25. The highest BCUT2D eigenvalue weighted by Crippen LogP contribution is 2.50. The van der Waals surface area contributed by atoms with Gasteiger partial charge in [-0.05, 0) is 55.3 Å². The van der Waals surface area contributed by atoms with Gasteiger partial charge in [0, 0.05) is 5.56 Å². The van der Waals surface area contributed by atoms with E-state index in [1.165, 1.54) is 28.9 Å². The molecule has 0 amide bonds. The van der Waals surface area contributed by atoms with Crippen molar-refractivity contribution in [1.29, 1.82) is 0 Å². The van der Waals surface area contributed by atoms with Crippen molar-refractivity contribution in [2.75, 3.05) is 13.1 Å². The van der Waals surface area contributed by atoms with Gasteiger partial charge in [0.2, 0.25) is 0 Å². The Bertz CT molecular complexity index is 877. The second-order valence-corrected chi connectivity index (χ2v) is 7.33. The normalized spacial score (nSPS) is 19.3. The van der Waals surface area contributed by atoms with Crippen molar-refractivity contribution >= 4 is 23.1 Å². The van der Waals surface area contributed by atoms with Gasteiger partial charge < -0.3 is 10.5 Å². The van der Waals surface area contributed by atoms with Gasteiger partial charge in [0.15, 0.2) is 0 Å². The number of hydrazone groups is 1. The van der Waals surface area contributed by atoms with Gasteiger partial charge in [0.1, 0.15) is 33.7 Å². The first-order chi connectivity index (χ1) is 13.0. The van der Waals surface area contributed by atoms with Crippen molar-refractivity contribution in [1.82, 2.24) is 5.01 Å². The molecule has 1 atom stereocenters.